The first-order valence-corrected chi connectivity index (χ1v) is 4.41. The summed E-state index contributed by atoms with van der Waals surface area (Å²) in [6.07, 6.45) is 0. The minimum absolute atomic E-state index is 0.0742. The van der Waals surface area contributed by atoms with Crippen molar-refractivity contribution in [3.05, 3.63) is 0 Å². The minimum atomic E-state index is -1.02. The average molecular weight is 202 g/mol. The summed E-state index contributed by atoms with van der Waals surface area (Å²) in [5.41, 5.74) is 0. The van der Waals surface area contributed by atoms with Crippen LogP contribution in [0.5, 0.6) is 0 Å². The summed E-state index contributed by atoms with van der Waals surface area (Å²) in [6, 6.07) is -0.843. The van der Waals surface area contributed by atoms with E-state index in [0.29, 0.717) is 13.2 Å². The van der Waals surface area contributed by atoms with Crippen molar-refractivity contribution in [2.24, 2.45) is 0 Å². The van der Waals surface area contributed by atoms with E-state index in [2.05, 4.69) is 5.32 Å². The van der Waals surface area contributed by atoms with Crippen LogP contribution in [0.3, 0.4) is 0 Å². The van der Waals surface area contributed by atoms with Crippen LogP contribution in [0.1, 0.15) is 0 Å². The topological polar surface area (TPSA) is 78.9 Å². The molecule has 0 spiro atoms. The summed E-state index contributed by atoms with van der Waals surface area (Å²) in [5.74, 6) is -1.22. The lowest BCUT2D eigenvalue weighted by molar-refractivity contribution is -0.157. The lowest BCUT2D eigenvalue weighted by Crippen LogP contribution is -2.54. The predicted molar refractivity (Wildman–Crippen MR) is 47.9 cm³/mol. The van der Waals surface area contributed by atoms with E-state index in [1.807, 2.05) is 0 Å². The number of nitrogens with one attached hydrogen (secondary N) is 1. The second kappa shape index (κ2) is 4.92. The van der Waals surface area contributed by atoms with Crippen molar-refractivity contribution in [2.45, 2.75) is 6.04 Å². The Kier molecular flexibility index (Phi) is 3.84. The molecule has 2 N–H and O–H groups in total. The number of ether oxygens (including phenoxy) is 1. The number of hydrogen-bond acceptors (Lipinski definition) is 4. The average Bonchev–Trinajstić information content (AvgIpc) is 2.18. The van der Waals surface area contributed by atoms with Crippen molar-refractivity contribution in [1.82, 2.24) is 10.2 Å². The zero-order valence-corrected chi connectivity index (χ0v) is 8.02. The minimum Gasteiger partial charge on any atom is -0.480 e. The highest BCUT2D eigenvalue weighted by Crippen LogP contribution is 2.07. The number of nitrogens with zero attached hydrogens (tertiary/aromatic N) is 1. The third-order valence-electron chi connectivity index (χ3n) is 2.06. The molecule has 80 valence electrons. The van der Waals surface area contributed by atoms with Crippen molar-refractivity contribution in [3.63, 3.8) is 0 Å². The summed E-state index contributed by atoms with van der Waals surface area (Å²) in [5, 5.41) is 11.5. The van der Waals surface area contributed by atoms with Crippen molar-refractivity contribution in [1.29, 1.82) is 0 Å². The number of carbonyl (C=O) groups is 2. The second-order valence-electron chi connectivity index (χ2n) is 3.05. The van der Waals surface area contributed by atoms with Crippen LogP contribution in [0.25, 0.3) is 0 Å². The van der Waals surface area contributed by atoms with E-state index in [0.717, 1.165) is 0 Å². The quantitative estimate of drug-likeness (QED) is 0.583. The molecule has 1 heterocycles. The van der Waals surface area contributed by atoms with Gasteiger partial charge in [-0.15, -0.1) is 0 Å². The summed E-state index contributed by atoms with van der Waals surface area (Å²) in [4.78, 5) is 23.6. The van der Waals surface area contributed by atoms with E-state index in [-0.39, 0.29) is 19.1 Å². The molecule has 0 aliphatic carbocycles. The third-order valence-corrected chi connectivity index (χ3v) is 2.06. The van der Waals surface area contributed by atoms with Crippen LogP contribution in [-0.2, 0) is 14.3 Å². The van der Waals surface area contributed by atoms with Crippen LogP contribution in [0.15, 0.2) is 0 Å². The van der Waals surface area contributed by atoms with Gasteiger partial charge in [-0.2, -0.15) is 0 Å². The Hall–Kier alpha value is -1.14. The van der Waals surface area contributed by atoms with Crippen molar-refractivity contribution in [3.8, 4) is 0 Å². The van der Waals surface area contributed by atoms with E-state index in [9.17, 15) is 9.59 Å². The molecule has 1 unspecified atom stereocenters. The fourth-order valence-corrected chi connectivity index (χ4v) is 1.36. The SMILES string of the molecule is CNCC(=O)N1CCOCC1C(=O)O. The van der Waals surface area contributed by atoms with Gasteiger partial charge in [-0.25, -0.2) is 4.79 Å². The molecule has 1 rings (SSSR count). The first-order chi connectivity index (χ1) is 6.66. The molecule has 0 aromatic carbocycles. The lowest BCUT2D eigenvalue weighted by atomic mass is 10.2. The highest BCUT2D eigenvalue weighted by atomic mass is 16.5. The molecular weight excluding hydrogens is 188 g/mol. The van der Waals surface area contributed by atoms with Crippen LogP contribution >= 0.6 is 0 Å². The summed E-state index contributed by atoms with van der Waals surface area (Å²) in [6.45, 7) is 0.977. The standard InChI is InChI=1S/C8H14N2O4/c1-9-4-7(11)10-2-3-14-5-6(10)8(12)13/h6,9H,2-5H2,1H3,(H,12,13). The Morgan fingerprint density at radius 2 is 2.36 bits per heavy atom. The zero-order valence-electron chi connectivity index (χ0n) is 8.02. The van der Waals surface area contributed by atoms with Crippen LogP contribution in [0, 0.1) is 0 Å². The Balaban J connectivity index is 2.62. The Morgan fingerprint density at radius 3 is 2.93 bits per heavy atom. The van der Waals surface area contributed by atoms with Crippen LogP contribution in [-0.4, -0.2) is 61.3 Å². The third kappa shape index (κ3) is 2.43. The maximum atomic E-state index is 11.5. The fraction of sp³-hybridized carbons (Fsp3) is 0.750. The van der Waals surface area contributed by atoms with E-state index in [1.165, 1.54) is 4.90 Å². The van der Waals surface area contributed by atoms with Gasteiger partial charge in [-0.1, -0.05) is 0 Å². The number of carbonyl (C=O) groups excluding carboxylic acids is 1. The van der Waals surface area contributed by atoms with E-state index >= 15 is 0 Å². The molecule has 6 nitrogen and oxygen atoms in total. The van der Waals surface area contributed by atoms with Gasteiger partial charge in [0.25, 0.3) is 0 Å². The van der Waals surface area contributed by atoms with E-state index in [4.69, 9.17) is 9.84 Å². The maximum Gasteiger partial charge on any atom is 0.328 e. The van der Waals surface area contributed by atoms with E-state index in [1.54, 1.807) is 7.05 Å². The molecule has 14 heavy (non-hydrogen) atoms. The van der Waals surface area contributed by atoms with Crippen molar-refractivity contribution in [2.75, 3.05) is 33.4 Å². The first kappa shape index (κ1) is 10.9. The van der Waals surface area contributed by atoms with Gasteiger partial charge in [-0.05, 0) is 7.05 Å². The Labute approximate surface area is 81.8 Å². The largest absolute Gasteiger partial charge is 0.480 e. The van der Waals surface area contributed by atoms with E-state index < -0.39 is 12.0 Å². The molecular formula is C8H14N2O4. The number of carboxylic acids is 1. The molecule has 1 saturated heterocycles. The van der Waals surface area contributed by atoms with Gasteiger partial charge in [0, 0.05) is 6.54 Å². The summed E-state index contributed by atoms with van der Waals surface area (Å²) >= 11 is 0. The number of aliphatic carboxylic acids is 1. The second-order valence-corrected chi connectivity index (χ2v) is 3.05. The van der Waals surface area contributed by atoms with Crippen LogP contribution in [0.4, 0.5) is 0 Å². The Bertz CT molecular complexity index is 231. The number of rotatable bonds is 3. The molecule has 1 aliphatic heterocycles. The van der Waals surface area contributed by atoms with Crippen molar-refractivity contribution < 1.29 is 19.4 Å². The predicted octanol–water partition coefficient (Wildman–Crippen LogP) is -1.48. The highest BCUT2D eigenvalue weighted by molar-refractivity contribution is 5.85. The monoisotopic (exact) mass is 202 g/mol. The van der Waals surface area contributed by atoms with Crippen LogP contribution < -0.4 is 5.32 Å². The molecule has 1 aliphatic rings. The molecule has 0 aromatic heterocycles. The molecule has 0 radical (unpaired) electrons. The molecule has 0 saturated carbocycles. The van der Waals surface area contributed by atoms with Gasteiger partial charge >= 0.3 is 5.97 Å². The number of amides is 1. The van der Waals surface area contributed by atoms with Gasteiger partial charge in [0.05, 0.1) is 19.8 Å². The van der Waals surface area contributed by atoms with Gasteiger partial charge in [0.2, 0.25) is 5.91 Å². The van der Waals surface area contributed by atoms with Gasteiger partial charge < -0.3 is 20.1 Å². The zero-order chi connectivity index (χ0) is 10.6. The lowest BCUT2D eigenvalue weighted by Gasteiger charge is -2.32. The van der Waals surface area contributed by atoms with Crippen molar-refractivity contribution >= 4 is 11.9 Å². The summed E-state index contributed by atoms with van der Waals surface area (Å²) < 4.78 is 5.01. The normalized spacial score (nSPS) is 22.1. The summed E-state index contributed by atoms with van der Waals surface area (Å²) in [7, 11) is 1.65. The Morgan fingerprint density at radius 1 is 1.64 bits per heavy atom. The van der Waals surface area contributed by atoms with Gasteiger partial charge in [0.15, 0.2) is 6.04 Å². The van der Waals surface area contributed by atoms with Gasteiger partial charge in [0.1, 0.15) is 0 Å². The molecule has 0 bridgehead atoms. The molecule has 6 heteroatoms. The first-order valence-electron chi connectivity index (χ1n) is 4.41. The molecule has 1 amide bonds. The molecule has 0 aromatic rings. The number of morpholine rings is 1. The number of carboxylic acid groups (broad SMARTS) is 1. The molecule has 1 atom stereocenters. The highest BCUT2D eigenvalue weighted by Gasteiger charge is 2.31. The number of hydrogen-bond donors (Lipinski definition) is 2. The van der Waals surface area contributed by atoms with Gasteiger partial charge in [-0.3, -0.25) is 4.79 Å². The number of likely N-dealkylation sites (N-methyl/N-ethyl adjacent to an activating group) is 1. The molecule has 1 fully saturated rings. The van der Waals surface area contributed by atoms with Crippen LogP contribution in [0.2, 0.25) is 0 Å². The fourth-order valence-electron chi connectivity index (χ4n) is 1.36. The smallest absolute Gasteiger partial charge is 0.328 e. The maximum absolute atomic E-state index is 11.5.